The summed E-state index contributed by atoms with van der Waals surface area (Å²) in [7, 11) is 0. The van der Waals surface area contributed by atoms with Gasteiger partial charge in [-0.15, -0.1) is 11.3 Å². The fraction of sp³-hybridized carbons (Fsp3) is 0.316. The van der Waals surface area contributed by atoms with Crippen molar-refractivity contribution in [1.82, 2.24) is 14.9 Å². The summed E-state index contributed by atoms with van der Waals surface area (Å²) in [5, 5.41) is 2.56. The zero-order valence-corrected chi connectivity index (χ0v) is 14.8. The van der Waals surface area contributed by atoms with E-state index >= 15 is 0 Å². The van der Waals surface area contributed by atoms with Crippen LogP contribution < -0.4 is 5.56 Å². The van der Waals surface area contributed by atoms with Crippen molar-refractivity contribution in [2.24, 2.45) is 0 Å². The Morgan fingerprint density at radius 2 is 2.12 bits per heavy atom. The molecule has 0 spiro atoms. The van der Waals surface area contributed by atoms with Gasteiger partial charge in [0, 0.05) is 6.54 Å². The Morgan fingerprint density at radius 3 is 2.88 bits per heavy atom. The average molecular weight is 353 g/mol. The summed E-state index contributed by atoms with van der Waals surface area (Å²) < 4.78 is 0. The van der Waals surface area contributed by atoms with Gasteiger partial charge in [-0.05, 0) is 54.8 Å². The Bertz CT molecular complexity index is 987. The molecular weight excluding hydrogens is 334 g/mol. The first-order valence-electron chi connectivity index (χ1n) is 8.52. The number of aromatic amines is 1. The summed E-state index contributed by atoms with van der Waals surface area (Å²) in [6.45, 7) is 2.82. The van der Waals surface area contributed by atoms with Crippen LogP contribution in [0, 0.1) is 0 Å². The van der Waals surface area contributed by atoms with E-state index in [1.54, 1.807) is 11.0 Å². The molecule has 1 aliphatic carbocycles. The van der Waals surface area contributed by atoms with Gasteiger partial charge in [-0.2, -0.15) is 0 Å². The first-order chi connectivity index (χ1) is 12.2. The lowest BCUT2D eigenvalue weighted by atomic mass is 10.1. The Labute approximate surface area is 149 Å². The normalized spacial score (nSPS) is 14.0. The SMILES string of the molecule is CCN(Cc1nc2ccccc2c(=O)[nH]1)C(=O)c1sccc1C1CC1. The van der Waals surface area contributed by atoms with E-state index in [4.69, 9.17) is 0 Å². The molecule has 6 heteroatoms. The van der Waals surface area contributed by atoms with E-state index in [0.717, 1.165) is 4.88 Å². The third-order valence-corrected chi connectivity index (χ3v) is 5.50. The Hall–Kier alpha value is -2.47. The van der Waals surface area contributed by atoms with Gasteiger partial charge in [0.15, 0.2) is 0 Å². The molecule has 1 fully saturated rings. The Kier molecular flexibility index (Phi) is 4.13. The molecule has 0 aliphatic heterocycles. The van der Waals surface area contributed by atoms with Gasteiger partial charge >= 0.3 is 0 Å². The highest BCUT2D eigenvalue weighted by molar-refractivity contribution is 7.12. The predicted octanol–water partition coefficient (Wildman–Crippen LogP) is 3.52. The maximum atomic E-state index is 13.0. The third-order valence-electron chi connectivity index (χ3n) is 4.58. The molecule has 2 heterocycles. The number of amides is 1. The van der Waals surface area contributed by atoms with Crippen LogP contribution in [0.5, 0.6) is 0 Å². The fourth-order valence-corrected chi connectivity index (χ4v) is 4.02. The summed E-state index contributed by atoms with van der Waals surface area (Å²) in [6.07, 6.45) is 2.34. The largest absolute Gasteiger partial charge is 0.331 e. The van der Waals surface area contributed by atoms with E-state index in [0.29, 0.717) is 35.7 Å². The lowest BCUT2D eigenvalue weighted by Crippen LogP contribution is -2.32. The number of rotatable bonds is 5. The van der Waals surface area contributed by atoms with Crippen LogP contribution in [0.2, 0.25) is 0 Å². The van der Waals surface area contributed by atoms with Gasteiger partial charge < -0.3 is 9.88 Å². The molecule has 4 rings (SSSR count). The quantitative estimate of drug-likeness (QED) is 0.763. The summed E-state index contributed by atoms with van der Waals surface area (Å²) in [6, 6.07) is 9.31. The van der Waals surface area contributed by atoms with Gasteiger partial charge in [-0.3, -0.25) is 9.59 Å². The summed E-state index contributed by atoms with van der Waals surface area (Å²) in [5.74, 6) is 1.08. The van der Waals surface area contributed by atoms with Gasteiger partial charge in [0.1, 0.15) is 5.82 Å². The fourth-order valence-electron chi connectivity index (χ4n) is 3.07. The summed E-state index contributed by atoms with van der Waals surface area (Å²) in [5.41, 5.74) is 1.66. The number of nitrogens with one attached hydrogen (secondary N) is 1. The van der Waals surface area contributed by atoms with E-state index in [9.17, 15) is 9.59 Å². The molecule has 2 aromatic heterocycles. The van der Waals surface area contributed by atoms with Gasteiger partial charge in [0.05, 0.1) is 22.3 Å². The highest BCUT2D eigenvalue weighted by Gasteiger charge is 2.30. The number of benzene rings is 1. The van der Waals surface area contributed by atoms with Crippen LogP contribution >= 0.6 is 11.3 Å². The number of thiophene rings is 1. The van der Waals surface area contributed by atoms with Gasteiger partial charge in [-0.25, -0.2) is 4.98 Å². The van der Waals surface area contributed by atoms with E-state index in [1.165, 1.54) is 29.7 Å². The lowest BCUT2D eigenvalue weighted by Gasteiger charge is -2.20. The Morgan fingerprint density at radius 1 is 1.32 bits per heavy atom. The lowest BCUT2D eigenvalue weighted by molar-refractivity contribution is 0.0752. The minimum atomic E-state index is -0.168. The molecule has 25 heavy (non-hydrogen) atoms. The molecule has 0 atom stereocenters. The van der Waals surface area contributed by atoms with Crippen molar-refractivity contribution in [3.8, 4) is 0 Å². The first kappa shape index (κ1) is 16.0. The number of hydrogen-bond donors (Lipinski definition) is 1. The van der Waals surface area contributed by atoms with E-state index in [1.807, 2.05) is 30.5 Å². The van der Waals surface area contributed by atoms with Gasteiger partial charge in [-0.1, -0.05) is 12.1 Å². The van der Waals surface area contributed by atoms with Gasteiger partial charge in [0.25, 0.3) is 11.5 Å². The van der Waals surface area contributed by atoms with Crippen LogP contribution in [0.4, 0.5) is 0 Å². The predicted molar refractivity (Wildman–Crippen MR) is 99.1 cm³/mol. The van der Waals surface area contributed by atoms with E-state index < -0.39 is 0 Å². The van der Waals surface area contributed by atoms with Crippen molar-refractivity contribution in [2.45, 2.75) is 32.2 Å². The number of carbonyl (C=O) groups excluding carboxylic acids is 1. The molecular formula is C19H19N3O2S. The van der Waals surface area contributed by atoms with Crippen molar-refractivity contribution in [1.29, 1.82) is 0 Å². The van der Waals surface area contributed by atoms with Crippen LogP contribution in [0.1, 0.15) is 46.7 Å². The van der Waals surface area contributed by atoms with Crippen molar-refractivity contribution in [3.63, 3.8) is 0 Å². The maximum absolute atomic E-state index is 13.0. The molecule has 1 aromatic carbocycles. The van der Waals surface area contributed by atoms with E-state index in [2.05, 4.69) is 16.0 Å². The number of H-pyrrole nitrogens is 1. The minimum Gasteiger partial charge on any atom is -0.331 e. The smallest absolute Gasteiger partial charge is 0.264 e. The summed E-state index contributed by atoms with van der Waals surface area (Å²) >= 11 is 1.50. The molecule has 1 aliphatic rings. The van der Waals surface area contributed by atoms with Gasteiger partial charge in [0.2, 0.25) is 0 Å². The second-order valence-corrected chi connectivity index (χ2v) is 7.24. The number of carbonyl (C=O) groups is 1. The number of aromatic nitrogens is 2. The first-order valence-corrected chi connectivity index (χ1v) is 9.40. The average Bonchev–Trinajstić information content (AvgIpc) is 3.36. The van der Waals surface area contributed by atoms with E-state index in [-0.39, 0.29) is 11.5 Å². The molecule has 3 aromatic rings. The number of hydrogen-bond acceptors (Lipinski definition) is 4. The topological polar surface area (TPSA) is 66.1 Å². The second-order valence-electron chi connectivity index (χ2n) is 6.33. The van der Waals surface area contributed by atoms with Crippen LogP contribution in [0.25, 0.3) is 10.9 Å². The Balaban J connectivity index is 1.62. The number of nitrogens with zero attached hydrogens (tertiary/aromatic N) is 2. The standard InChI is InChI=1S/C19H19N3O2S/c1-2-22(19(24)17-13(9-10-25-17)12-7-8-12)11-16-20-15-6-4-3-5-14(15)18(23)21-16/h3-6,9-10,12H,2,7-8,11H2,1H3,(H,20,21,23). The monoisotopic (exact) mass is 353 g/mol. The van der Waals surface area contributed by atoms with Crippen LogP contribution in [-0.4, -0.2) is 27.3 Å². The molecule has 1 N–H and O–H groups in total. The third kappa shape index (κ3) is 3.09. The molecule has 0 radical (unpaired) electrons. The zero-order chi connectivity index (χ0) is 17.4. The van der Waals surface area contributed by atoms with Crippen LogP contribution in [-0.2, 0) is 6.54 Å². The highest BCUT2D eigenvalue weighted by Crippen LogP contribution is 2.43. The second kappa shape index (κ2) is 6.44. The van der Waals surface area contributed by atoms with Crippen molar-refractivity contribution in [3.05, 3.63) is 62.3 Å². The number of fused-ring (bicyclic) bond motifs is 1. The van der Waals surface area contributed by atoms with Crippen molar-refractivity contribution < 1.29 is 4.79 Å². The minimum absolute atomic E-state index is 0.0233. The molecule has 1 amide bonds. The molecule has 0 saturated heterocycles. The van der Waals surface area contributed by atoms with Crippen molar-refractivity contribution in [2.75, 3.05) is 6.54 Å². The molecule has 128 valence electrons. The van der Waals surface area contributed by atoms with Crippen molar-refractivity contribution >= 4 is 28.1 Å². The number of para-hydroxylation sites is 1. The molecule has 0 bridgehead atoms. The maximum Gasteiger partial charge on any atom is 0.264 e. The summed E-state index contributed by atoms with van der Waals surface area (Å²) in [4.78, 5) is 35.1. The zero-order valence-electron chi connectivity index (χ0n) is 14.0. The van der Waals surface area contributed by atoms with Crippen LogP contribution in [0.15, 0.2) is 40.5 Å². The highest BCUT2D eigenvalue weighted by atomic mass is 32.1. The molecule has 1 saturated carbocycles. The van der Waals surface area contributed by atoms with Crippen LogP contribution in [0.3, 0.4) is 0 Å². The molecule has 0 unspecified atom stereocenters. The molecule has 5 nitrogen and oxygen atoms in total.